The largest absolute Gasteiger partial charge is 0.326 e. The molecule has 0 saturated heterocycles. The minimum atomic E-state index is 0.544. The lowest BCUT2D eigenvalue weighted by atomic mass is 10.3. The van der Waals surface area contributed by atoms with Crippen LogP contribution in [0.5, 0.6) is 0 Å². The Kier molecular flexibility index (Phi) is 1.55. The summed E-state index contributed by atoms with van der Waals surface area (Å²) in [4.78, 5) is 4.22. The molecule has 0 radical (unpaired) electrons. The average molecular weight is 162 g/mol. The van der Waals surface area contributed by atoms with Gasteiger partial charge >= 0.3 is 0 Å². The molecule has 4 nitrogen and oxygen atoms in total. The van der Waals surface area contributed by atoms with Crippen LogP contribution in [0.1, 0.15) is 11.4 Å². The van der Waals surface area contributed by atoms with E-state index >= 15 is 0 Å². The van der Waals surface area contributed by atoms with Crippen LogP contribution in [0, 0.1) is 6.92 Å². The lowest BCUT2D eigenvalue weighted by Crippen LogP contribution is -1.97. The highest BCUT2D eigenvalue weighted by molar-refractivity contribution is 5.40. The smallest absolute Gasteiger partial charge is 0.155 e. The Labute approximate surface area is 70.0 Å². The van der Waals surface area contributed by atoms with Crippen LogP contribution in [0.3, 0.4) is 0 Å². The van der Waals surface area contributed by atoms with Crippen LogP contribution in [0.15, 0.2) is 18.3 Å². The van der Waals surface area contributed by atoms with E-state index in [1.807, 2.05) is 25.3 Å². The van der Waals surface area contributed by atoms with Crippen molar-refractivity contribution in [1.29, 1.82) is 0 Å². The molecule has 0 atom stereocenters. The lowest BCUT2D eigenvalue weighted by Gasteiger charge is -1.94. The third-order valence-electron chi connectivity index (χ3n) is 1.74. The zero-order chi connectivity index (χ0) is 8.55. The number of aromatic nitrogens is 3. The molecule has 0 aromatic carbocycles. The molecule has 0 saturated carbocycles. The number of pyridine rings is 1. The second-order valence-electron chi connectivity index (χ2n) is 2.70. The second-order valence-corrected chi connectivity index (χ2v) is 2.70. The van der Waals surface area contributed by atoms with E-state index in [1.165, 1.54) is 0 Å². The van der Waals surface area contributed by atoms with E-state index in [9.17, 15) is 0 Å². The molecule has 0 aliphatic rings. The number of aryl methyl sites for hydroxylation is 1. The topological polar surface area (TPSA) is 56.2 Å². The van der Waals surface area contributed by atoms with Crippen LogP contribution < -0.4 is 5.73 Å². The van der Waals surface area contributed by atoms with Gasteiger partial charge in [-0.25, -0.2) is 9.50 Å². The molecule has 4 heteroatoms. The van der Waals surface area contributed by atoms with Crippen molar-refractivity contribution >= 4 is 5.65 Å². The van der Waals surface area contributed by atoms with Crippen LogP contribution in [0.2, 0.25) is 0 Å². The molecule has 62 valence electrons. The summed E-state index contributed by atoms with van der Waals surface area (Å²) in [5.41, 5.74) is 7.43. The van der Waals surface area contributed by atoms with Gasteiger partial charge in [0.2, 0.25) is 0 Å². The van der Waals surface area contributed by atoms with Crippen molar-refractivity contribution in [2.24, 2.45) is 5.73 Å². The van der Waals surface area contributed by atoms with Gasteiger partial charge < -0.3 is 5.73 Å². The maximum absolute atomic E-state index is 5.49. The number of nitrogens with two attached hydrogens (primary N) is 1. The Morgan fingerprint density at radius 1 is 1.58 bits per heavy atom. The lowest BCUT2D eigenvalue weighted by molar-refractivity contribution is 0.922. The Bertz CT molecular complexity index is 404. The third kappa shape index (κ3) is 1.06. The normalized spacial score (nSPS) is 10.8. The van der Waals surface area contributed by atoms with Gasteiger partial charge in [-0.1, -0.05) is 0 Å². The van der Waals surface area contributed by atoms with Crippen molar-refractivity contribution in [3.63, 3.8) is 0 Å². The number of fused-ring (bicyclic) bond motifs is 1. The van der Waals surface area contributed by atoms with Gasteiger partial charge in [0.15, 0.2) is 5.65 Å². The summed E-state index contributed by atoms with van der Waals surface area (Å²) in [6.07, 6.45) is 1.87. The van der Waals surface area contributed by atoms with Crippen molar-refractivity contribution in [1.82, 2.24) is 14.6 Å². The first kappa shape index (κ1) is 7.24. The average Bonchev–Trinajstić information content (AvgIpc) is 2.43. The number of rotatable bonds is 1. The standard InChI is InChI=1S/C8H10N4/c1-6-10-8-4-7(5-9)2-3-12(8)11-6/h2-4H,5,9H2,1H3. The zero-order valence-electron chi connectivity index (χ0n) is 6.86. The fraction of sp³-hybridized carbons (Fsp3) is 0.250. The highest BCUT2D eigenvalue weighted by Crippen LogP contribution is 2.04. The molecule has 0 unspecified atom stereocenters. The fourth-order valence-electron chi connectivity index (χ4n) is 1.16. The Balaban J connectivity index is 2.66. The predicted molar refractivity (Wildman–Crippen MR) is 45.6 cm³/mol. The molecular weight excluding hydrogens is 152 g/mol. The van der Waals surface area contributed by atoms with E-state index in [1.54, 1.807) is 4.52 Å². The molecule has 0 aliphatic heterocycles. The summed E-state index contributed by atoms with van der Waals surface area (Å²) < 4.78 is 1.74. The van der Waals surface area contributed by atoms with Gasteiger partial charge in [-0.15, -0.1) is 0 Å². The molecule has 0 spiro atoms. The van der Waals surface area contributed by atoms with E-state index in [0.717, 1.165) is 17.0 Å². The highest BCUT2D eigenvalue weighted by atomic mass is 15.3. The van der Waals surface area contributed by atoms with E-state index in [2.05, 4.69) is 10.1 Å². The molecule has 2 aromatic rings. The molecule has 2 rings (SSSR count). The molecule has 12 heavy (non-hydrogen) atoms. The minimum absolute atomic E-state index is 0.544. The van der Waals surface area contributed by atoms with Gasteiger partial charge in [0.1, 0.15) is 5.82 Å². The van der Waals surface area contributed by atoms with Crippen LogP contribution in [-0.4, -0.2) is 14.6 Å². The summed E-state index contributed by atoms with van der Waals surface area (Å²) >= 11 is 0. The molecule has 2 aromatic heterocycles. The van der Waals surface area contributed by atoms with E-state index < -0.39 is 0 Å². The van der Waals surface area contributed by atoms with E-state index in [-0.39, 0.29) is 0 Å². The summed E-state index contributed by atoms with van der Waals surface area (Å²) in [6, 6.07) is 3.89. The summed E-state index contributed by atoms with van der Waals surface area (Å²) in [6.45, 7) is 2.41. The number of nitrogens with zero attached hydrogens (tertiary/aromatic N) is 3. The quantitative estimate of drug-likeness (QED) is 0.664. The second kappa shape index (κ2) is 2.57. The first-order chi connectivity index (χ1) is 5.79. The first-order valence-corrected chi connectivity index (χ1v) is 3.81. The summed E-state index contributed by atoms with van der Waals surface area (Å²) in [7, 11) is 0. The van der Waals surface area contributed by atoms with Gasteiger partial charge in [-0.05, 0) is 24.6 Å². The van der Waals surface area contributed by atoms with E-state index in [0.29, 0.717) is 6.54 Å². The molecule has 0 amide bonds. The minimum Gasteiger partial charge on any atom is -0.326 e. The summed E-state index contributed by atoms with van der Waals surface area (Å²) in [5, 5.41) is 4.15. The van der Waals surface area contributed by atoms with Crippen LogP contribution in [0.25, 0.3) is 5.65 Å². The number of hydrogen-bond acceptors (Lipinski definition) is 3. The van der Waals surface area contributed by atoms with Crippen molar-refractivity contribution in [2.45, 2.75) is 13.5 Å². The highest BCUT2D eigenvalue weighted by Gasteiger charge is 1.98. The van der Waals surface area contributed by atoms with Gasteiger partial charge in [0, 0.05) is 12.7 Å². The molecule has 2 N–H and O–H groups in total. The van der Waals surface area contributed by atoms with Crippen molar-refractivity contribution < 1.29 is 0 Å². The molecule has 0 fully saturated rings. The first-order valence-electron chi connectivity index (χ1n) is 3.81. The molecule has 0 bridgehead atoms. The molecular formula is C8H10N4. The van der Waals surface area contributed by atoms with Crippen molar-refractivity contribution in [3.05, 3.63) is 29.7 Å². The Morgan fingerprint density at radius 2 is 2.42 bits per heavy atom. The van der Waals surface area contributed by atoms with Gasteiger partial charge in [-0.3, -0.25) is 0 Å². The number of hydrogen-bond donors (Lipinski definition) is 1. The van der Waals surface area contributed by atoms with Gasteiger partial charge in [-0.2, -0.15) is 5.10 Å². The molecule has 0 aliphatic carbocycles. The Morgan fingerprint density at radius 3 is 3.17 bits per heavy atom. The SMILES string of the molecule is Cc1nc2cc(CN)ccn2n1. The van der Waals surface area contributed by atoms with Crippen LogP contribution in [0.4, 0.5) is 0 Å². The Hall–Kier alpha value is -1.42. The third-order valence-corrected chi connectivity index (χ3v) is 1.74. The van der Waals surface area contributed by atoms with Crippen LogP contribution in [-0.2, 0) is 6.54 Å². The van der Waals surface area contributed by atoms with Crippen molar-refractivity contribution in [3.8, 4) is 0 Å². The van der Waals surface area contributed by atoms with E-state index in [4.69, 9.17) is 5.73 Å². The maximum atomic E-state index is 5.49. The van der Waals surface area contributed by atoms with Gasteiger partial charge in [0.05, 0.1) is 0 Å². The van der Waals surface area contributed by atoms with Gasteiger partial charge in [0.25, 0.3) is 0 Å². The molecule has 2 heterocycles. The predicted octanol–water partition coefficient (Wildman–Crippen LogP) is 0.496. The zero-order valence-corrected chi connectivity index (χ0v) is 6.86. The fourth-order valence-corrected chi connectivity index (χ4v) is 1.16. The van der Waals surface area contributed by atoms with Crippen molar-refractivity contribution in [2.75, 3.05) is 0 Å². The van der Waals surface area contributed by atoms with Crippen LogP contribution >= 0.6 is 0 Å². The maximum Gasteiger partial charge on any atom is 0.155 e. The summed E-state index contributed by atoms with van der Waals surface area (Å²) in [5.74, 6) is 0.782. The monoisotopic (exact) mass is 162 g/mol.